The second-order valence-electron chi connectivity index (χ2n) is 18.4. The Balaban J connectivity index is 2.35. The van der Waals surface area contributed by atoms with Crippen molar-refractivity contribution in [1.29, 1.82) is 0 Å². The lowest BCUT2D eigenvalue weighted by Crippen LogP contribution is -2.60. The van der Waals surface area contributed by atoms with E-state index in [4.69, 9.17) is 18.9 Å². The van der Waals surface area contributed by atoms with Gasteiger partial charge in [0, 0.05) is 13.0 Å². The summed E-state index contributed by atoms with van der Waals surface area (Å²) < 4.78 is 59.3. The number of aliphatic hydroxyl groups excluding tert-OH is 3. The first kappa shape index (κ1) is 66.0. The first-order valence-electron chi connectivity index (χ1n) is 27.5. The molecule has 1 heterocycles. The molecule has 0 amide bonds. The topological polar surface area (TPSA) is 178 Å². The Morgan fingerprint density at radius 3 is 1.42 bits per heavy atom. The van der Waals surface area contributed by atoms with Gasteiger partial charge in [0.1, 0.15) is 30.5 Å². The second kappa shape index (κ2) is 48.0. The summed E-state index contributed by atoms with van der Waals surface area (Å²) in [5, 5.41) is 30.8. The van der Waals surface area contributed by atoms with Crippen molar-refractivity contribution in [3.8, 4) is 0 Å². The molecule has 0 aromatic heterocycles. The van der Waals surface area contributed by atoms with Gasteiger partial charge in [0.15, 0.2) is 6.29 Å². The average Bonchev–Trinajstić information content (AvgIpc) is 3.35. The summed E-state index contributed by atoms with van der Waals surface area (Å²) >= 11 is 0. The predicted molar refractivity (Wildman–Crippen MR) is 289 cm³/mol. The van der Waals surface area contributed by atoms with Crippen molar-refractivity contribution in [1.82, 2.24) is 0 Å². The Kier molecular flexibility index (Phi) is 44.6. The minimum atomic E-state index is -5.07. The Hall–Kier alpha value is -2.98. The zero-order valence-corrected chi connectivity index (χ0v) is 44.8. The third-order valence-corrected chi connectivity index (χ3v) is 12.4. The number of rotatable bonds is 47. The van der Waals surface area contributed by atoms with Gasteiger partial charge in [-0.15, -0.1) is 0 Å². The van der Waals surface area contributed by atoms with Crippen LogP contribution in [0.5, 0.6) is 0 Å². The second-order valence-corrected chi connectivity index (χ2v) is 19.5. The Labute approximate surface area is 431 Å². The molecule has 0 aromatic rings. The van der Waals surface area contributed by atoms with Crippen molar-refractivity contribution < 1.29 is 56.2 Å². The fourth-order valence-electron chi connectivity index (χ4n) is 7.82. The summed E-state index contributed by atoms with van der Waals surface area (Å²) in [6.45, 7) is 3.82. The van der Waals surface area contributed by atoms with Crippen LogP contribution >= 0.6 is 0 Å². The lowest BCUT2D eigenvalue weighted by Gasteiger charge is -2.41. The van der Waals surface area contributed by atoms with E-state index in [0.29, 0.717) is 13.0 Å². The van der Waals surface area contributed by atoms with Gasteiger partial charge in [-0.25, -0.2) is 4.18 Å². The predicted octanol–water partition coefficient (Wildman–Crippen LogP) is 13.4. The SMILES string of the molecule is CC/C=C\C/C=C\C/C=C\C/C=C\C/C=C\C/C=C\CCCCCCCCCOCC(COC1OC(CO)C(O)C(OS(=O)(=O)O)C1O)OC(=O)CCCCCCCCC/C=C\C/C=C\CCCCCC. The van der Waals surface area contributed by atoms with Gasteiger partial charge in [-0.2, -0.15) is 8.42 Å². The van der Waals surface area contributed by atoms with E-state index in [2.05, 4.69) is 115 Å². The molecule has 6 atom stereocenters. The molecule has 6 unspecified atom stereocenters. The quantitative estimate of drug-likeness (QED) is 0.0197. The van der Waals surface area contributed by atoms with Gasteiger partial charge in [0.05, 0.1) is 19.8 Å². The molecule has 1 aliphatic rings. The minimum Gasteiger partial charge on any atom is -0.457 e. The van der Waals surface area contributed by atoms with Crippen molar-refractivity contribution in [2.24, 2.45) is 0 Å². The molecular weight excluding hydrogens is 921 g/mol. The maximum Gasteiger partial charge on any atom is 0.397 e. The average molecular weight is 1020 g/mol. The summed E-state index contributed by atoms with van der Waals surface area (Å²) in [6.07, 6.45) is 57.2. The Bertz CT molecular complexity index is 1600. The Morgan fingerprint density at radius 2 is 0.972 bits per heavy atom. The van der Waals surface area contributed by atoms with Crippen LogP contribution in [0.3, 0.4) is 0 Å². The molecule has 13 heteroatoms. The van der Waals surface area contributed by atoms with Crippen LogP contribution in [-0.4, -0.2) is 97.5 Å². The van der Waals surface area contributed by atoms with Crippen molar-refractivity contribution in [2.75, 3.05) is 26.4 Å². The molecule has 0 aromatic carbocycles. The summed E-state index contributed by atoms with van der Waals surface area (Å²) in [5.41, 5.74) is 0. The van der Waals surface area contributed by atoms with Crippen molar-refractivity contribution in [3.63, 3.8) is 0 Å². The van der Waals surface area contributed by atoms with Gasteiger partial charge >= 0.3 is 16.4 Å². The fraction of sp³-hybridized carbons (Fsp3) is 0.707. The maximum absolute atomic E-state index is 12.9. The number of esters is 1. The van der Waals surface area contributed by atoms with E-state index in [1.54, 1.807) is 0 Å². The third-order valence-electron chi connectivity index (χ3n) is 11.9. The van der Waals surface area contributed by atoms with Gasteiger partial charge in [-0.05, 0) is 96.3 Å². The number of carbonyl (C=O) groups is 1. The van der Waals surface area contributed by atoms with Crippen LogP contribution in [0.4, 0.5) is 0 Å². The van der Waals surface area contributed by atoms with E-state index in [0.717, 1.165) is 109 Å². The molecule has 1 rings (SSSR count). The molecule has 0 saturated carbocycles. The summed E-state index contributed by atoms with van der Waals surface area (Å²) in [7, 11) is -5.07. The third kappa shape index (κ3) is 41.1. The molecule has 1 aliphatic heterocycles. The van der Waals surface area contributed by atoms with Crippen LogP contribution in [0.15, 0.2) is 97.2 Å². The highest BCUT2D eigenvalue weighted by Gasteiger charge is 2.48. The first-order chi connectivity index (χ1) is 34.6. The van der Waals surface area contributed by atoms with Crippen molar-refractivity contribution in [3.05, 3.63) is 97.2 Å². The van der Waals surface area contributed by atoms with Gasteiger partial charge in [-0.1, -0.05) is 195 Å². The van der Waals surface area contributed by atoms with E-state index in [1.165, 1.54) is 64.2 Å². The number of hydrogen-bond acceptors (Lipinski definition) is 11. The molecule has 12 nitrogen and oxygen atoms in total. The molecule has 408 valence electrons. The number of allylic oxidation sites excluding steroid dienone is 16. The van der Waals surface area contributed by atoms with Crippen LogP contribution < -0.4 is 0 Å². The number of aliphatic hydroxyl groups is 3. The normalized spacial score (nSPS) is 19.8. The van der Waals surface area contributed by atoms with Crippen molar-refractivity contribution in [2.45, 2.75) is 237 Å². The molecule has 0 radical (unpaired) electrons. The molecule has 0 bridgehead atoms. The standard InChI is InChI=1S/C58H98O12S/c1-3-5-7-9-11-13-15-17-19-21-23-24-25-26-27-28-29-30-32-34-36-38-40-42-44-46-48-66-50-52(51-67-58-56(62)57(70-71(63,64)65)55(61)53(49-59)69-58)68-54(60)47-45-43-41-39-37-35-33-31-22-20-18-16-14-12-10-8-6-4-2/h5,7,11,13-14,16-17,19-20,22-24,26-27,29-30,52-53,55-59,61-62H,3-4,6,8-10,12,15,18,21,25,28,31-51H2,1-2H3,(H,63,64,65)/b7-5-,13-11-,16-14-,19-17-,22-20-,24-23-,27-26-,30-29-. The molecule has 0 aliphatic carbocycles. The van der Waals surface area contributed by atoms with E-state index in [9.17, 15) is 33.1 Å². The lowest BCUT2D eigenvalue weighted by atomic mass is 9.99. The summed E-state index contributed by atoms with van der Waals surface area (Å²) in [6, 6.07) is 0. The molecule has 71 heavy (non-hydrogen) atoms. The molecule has 0 spiro atoms. The molecule has 1 saturated heterocycles. The number of unbranched alkanes of at least 4 members (excludes halogenated alkanes) is 18. The first-order valence-corrected chi connectivity index (χ1v) is 28.9. The number of carbonyl (C=O) groups excluding carboxylic acids is 1. The van der Waals surface area contributed by atoms with Gasteiger partial charge < -0.3 is 34.3 Å². The monoisotopic (exact) mass is 1020 g/mol. The number of ether oxygens (including phenoxy) is 4. The number of hydrogen-bond donors (Lipinski definition) is 4. The highest BCUT2D eigenvalue weighted by atomic mass is 32.3. The summed E-state index contributed by atoms with van der Waals surface area (Å²) in [4.78, 5) is 12.9. The Morgan fingerprint density at radius 1 is 0.549 bits per heavy atom. The highest BCUT2D eigenvalue weighted by molar-refractivity contribution is 7.80. The van der Waals surface area contributed by atoms with E-state index in [-0.39, 0.29) is 19.6 Å². The molecule has 4 N–H and O–H groups in total. The largest absolute Gasteiger partial charge is 0.457 e. The molecule has 1 fully saturated rings. The van der Waals surface area contributed by atoms with E-state index < -0.39 is 59.8 Å². The fourth-order valence-corrected chi connectivity index (χ4v) is 8.33. The summed E-state index contributed by atoms with van der Waals surface area (Å²) in [5.74, 6) is -0.414. The smallest absolute Gasteiger partial charge is 0.397 e. The minimum absolute atomic E-state index is 0.0190. The van der Waals surface area contributed by atoms with Gasteiger partial charge in [0.2, 0.25) is 0 Å². The van der Waals surface area contributed by atoms with Crippen LogP contribution in [0.25, 0.3) is 0 Å². The maximum atomic E-state index is 12.9. The van der Waals surface area contributed by atoms with Gasteiger partial charge in [0.25, 0.3) is 0 Å². The van der Waals surface area contributed by atoms with Crippen LogP contribution in [0.1, 0.15) is 200 Å². The van der Waals surface area contributed by atoms with E-state index in [1.807, 2.05) is 0 Å². The zero-order valence-electron chi connectivity index (χ0n) is 44.0. The van der Waals surface area contributed by atoms with Crippen LogP contribution in [-0.2, 0) is 38.3 Å². The van der Waals surface area contributed by atoms with Crippen LogP contribution in [0.2, 0.25) is 0 Å². The molecular formula is C58H98O12S. The van der Waals surface area contributed by atoms with E-state index >= 15 is 0 Å². The van der Waals surface area contributed by atoms with Crippen LogP contribution in [0, 0.1) is 0 Å². The van der Waals surface area contributed by atoms with Gasteiger partial charge in [-0.3, -0.25) is 9.35 Å². The lowest BCUT2D eigenvalue weighted by molar-refractivity contribution is -0.301. The highest BCUT2D eigenvalue weighted by Crippen LogP contribution is 2.26. The zero-order chi connectivity index (χ0) is 51.7. The van der Waals surface area contributed by atoms with Crippen molar-refractivity contribution >= 4 is 16.4 Å².